The van der Waals surface area contributed by atoms with Gasteiger partial charge in [-0.25, -0.2) is 9.97 Å². The lowest BCUT2D eigenvalue weighted by atomic mass is 10.1. The van der Waals surface area contributed by atoms with Crippen LogP contribution in [0.2, 0.25) is 0 Å². The van der Waals surface area contributed by atoms with Crippen LogP contribution in [0.1, 0.15) is 42.7 Å². The minimum absolute atomic E-state index is 0.156. The largest absolute Gasteiger partial charge is 0.308 e. The zero-order valence-corrected chi connectivity index (χ0v) is 13.2. The fourth-order valence-electron chi connectivity index (χ4n) is 2.77. The average Bonchev–Trinajstić information content (AvgIpc) is 2.78. The molecule has 0 radical (unpaired) electrons. The van der Waals surface area contributed by atoms with Crippen LogP contribution in [0.15, 0.2) is 12.1 Å². The van der Waals surface area contributed by atoms with Crippen LogP contribution in [0.5, 0.6) is 0 Å². The van der Waals surface area contributed by atoms with Crippen LogP contribution in [-0.4, -0.2) is 30.2 Å². The highest BCUT2D eigenvalue weighted by Gasteiger charge is 2.26. The van der Waals surface area contributed by atoms with Gasteiger partial charge >= 0.3 is 0 Å². The van der Waals surface area contributed by atoms with Gasteiger partial charge in [-0.1, -0.05) is 0 Å². The lowest BCUT2D eigenvalue weighted by Crippen LogP contribution is -2.23. The van der Waals surface area contributed by atoms with E-state index >= 15 is 0 Å². The third-order valence-corrected chi connectivity index (χ3v) is 5.36. The van der Waals surface area contributed by atoms with E-state index in [0.29, 0.717) is 6.04 Å². The third-order valence-electron chi connectivity index (χ3n) is 3.78. The Balaban J connectivity index is 2.13. The van der Waals surface area contributed by atoms with Crippen LogP contribution < -0.4 is 0 Å². The first-order valence-corrected chi connectivity index (χ1v) is 8.83. The van der Waals surface area contributed by atoms with Gasteiger partial charge in [-0.05, 0) is 38.8 Å². The number of halogens is 1. The van der Waals surface area contributed by atoms with Crippen molar-refractivity contribution >= 4 is 33.6 Å². The molecule has 0 amide bonds. The number of hydrogen-bond donors (Lipinski definition) is 0. The van der Waals surface area contributed by atoms with E-state index in [2.05, 4.69) is 14.5 Å². The van der Waals surface area contributed by atoms with Gasteiger partial charge in [-0.2, -0.15) is 0 Å². The number of alkyl halides is 1. The van der Waals surface area contributed by atoms with Crippen LogP contribution in [0.3, 0.4) is 0 Å². The second-order valence-electron chi connectivity index (χ2n) is 5.33. The molecule has 4 nitrogen and oxygen atoms in total. The molecule has 6 heteroatoms. The summed E-state index contributed by atoms with van der Waals surface area (Å²) in [7, 11) is -0.665. The Kier molecular flexibility index (Phi) is 3.82. The SMILES string of the molecule is Cc1ccc2nc(C(C)Cl)n(C3CCS(=O)CC3)c2n1. The van der Waals surface area contributed by atoms with Crippen LogP contribution in [-0.2, 0) is 10.8 Å². The van der Waals surface area contributed by atoms with Crippen LogP contribution >= 0.6 is 11.6 Å². The van der Waals surface area contributed by atoms with Crippen molar-refractivity contribution in [3.63, 3.8) is 0 Å². The minimum Gasteiger partial charge on any atom is -0.308 e. The summed E-state index contributed by atoms with van der Waals surface area (Å²) in [5.41, 5.74) is 2.78. The predicted octanol–water partition coefficient (Wildman–Crippen LogP) is 3.12. The minimum atomic E-state index is -0.665. The van der Waals surface area contributed by atoms with Crippen molar-refractivity contribution in [2.45, 2.75) is 38.1 Å². The molecule has 1 saturated heterocycles. The number of hydrogen-bond acceptors (Lipinski definition) is 3. The number of imidazole rings is 1. The number of aryl methyl sites for hydroxylation is 1. The van der Waals surface area contributed by atoms with E-state index in [1.807, 2.05) is 26.0 Å². The monoisotopic (exact) mass is 311 g/mol. The standard InChI is InChI=1S/C14H18ClN3OS/c1-9-3-4-12-14(16-9)18(13(17-12)10(2)15)11-5-7-20(19)8-6-11/h3-4,10-11H,5-8H2,1-2H3. The Bertz CT molecular complexity index is 658. The average molecular weight is 312 g/mol. The molecule has 20 heavy (non-hydrogen) atoms. The van der Waals surface area contributed by atoms with Crippen molar-refractivity contribution in [2.75, 3.05) is 11.5 Å². The molecule has 2 aromatic rings. The van der Waals surface area contributed by atoms with Gasteiger partial charge in [0, 0.05) is 34.0 Å². The molecule has 1 fully saturated rings. The predicted molar refractivity (Wildman–Crippen MR) is 82.7 cm³/mol. The zero-order chi connectivity index (χ0) is 14.3. The first-order chi connectivity index (χ1) is 9.56. The number of aromatic nitrogens is 3. The molecule has 3 heterocycles. The van der Waals surface area contributed by atoms with E-state index < -0.39 is 10.8 Å². The molecule has 0 N–H and O–H groups in total. The van der Waals surface area contributed by atoms with Gasteiger partial charge in [0.25, 0.3) is 0 Å². The van der Waals surface area contributed by atoms with Gasteiger partial charge in [0.15, 0.2) is 5.65 Å². The van der Waals surface area contributed by atoms with E-state index in [9.17, 15) is 4.21 Å². The smallest absolute Gasteiger partial charge is 0.160 e. The molecule has 0 spiro atoms. The summed E-state index contributed by atoms with van der Waals surface area (Å²) in [5.74, 6) is 2.39. The summed E-state index contributed by atoms with van der Waals surface area (Å²) in [6.07, 6.45) is 1.81. The summed E-state index contributed by atoms with van der Waals surface area (Å²) in [5, 5.41) is -0.156. The lowest BCUT2D eigenvalue weighted by Gasteiger charge is -2.25. The van der Waals surface area contributed by atoms with Crippen molar-refractivity contribution in [1.29, 1.82) is 0 Å². The van der Waals surface area contributed by atoms with Gasteiger partial charge in [-0.3, -0.25) is 4.21 Å². The van der Waals surface area contributed by atoms with Crippen molar-refractivity contribution in [1.82, 2.24) is 14.5 Å². The first-order valence-electron chi connectivity index (χ1n) is 6.91. The molecule has 1 aliphatic heterocycles. The van der Waals surface area contributed by atoms with E-state index in [4.69, 9.17) is 11.6 Å². The molecule has 1 unspecified atom stereocenters. The lowest BCUT2D eigenvalue weighted by molar-refractivity contribution is 0.455. The molecule has 0 aromatic carbocycles. The van der Waals surface area contributed by atoms with E-state index in [-0.39, 0.29) is 5.38 Å². The zero-order valence-electron chi connectivity index (χ0n) is 11.7. The quantitative estimate of drug-likeness (QED) is 0.801. The van der Waals surface area contributed by atoms with E-state index in [0.717, 1.165) is 47.0 Å². The molecule has 3 rings (SSSR count). The molecule has 0 saturated carbocycles. The fraction of sp³-hybridized carbons (Fsp3) is 0.571. The Labute approximate surface area is 126 Å². The highest BCUT2D eigenvalue weighted by atomic mass is 35.5. The molecule has 108 valence electrons. The summed E-state index contributed by atoms with van der Waals surface area (Å²) >= 11 is 6.30. The molecular formula is C14H18ClN3OS. The molecule has 2 aromatic heterocycles. The first kappa shape index (κ1) is 14.0. The highest BCUT2D eigenvalue weighted by molar-refractivity contribution is 7.85. The van der Waals surface area contributed by atoms with Gasteiger partial charge in [0.1, 0.15) is 11.3 Å². The molecule has 1 atom stereocenters. The molecular weight excluding hydrogens is 294 g/mol. The van der Waals surface area contributed by atoms with Crippen LogP contribution in [0, 0.1) is 6.92 Å². The van der Waals surface area contributed by atoms with Crippen molar-refractivity contribution in [2.24, 2.45) is 0 Å². The molecule has 0 aliphatic carbocycles. The Morgan fingerprint density at radius 2 is 2.05 bits per heavy atom. The maximum absolute atomic E-state index is 11.6. The van der Waals surface area contributed by atoms with Gasteiger partial charge in [-0.15, -0.1) is 11.6 Å². The van der Waals surface area contributed by atoms with Crippen molar-refractivity contribution in [3.05, 3.63) is 23.7 Å². The second kappa shape index (κ2) is 5.45. The van der Waals surface area contributed by atoms with Crippen LogP contribution in [0.4, 0.5) is 0 Å². The van der Waals surface area contributed by atoms with Gasteiger partial charge in [0.2, 0.25) is 0 Å². The maximum Gasteiger partial charge on any atom is 0.160 e. The van der Waals surface area contributed by atoms with Gasteiger partial charge < -0.3 is 4.57 Å². The second-order valence-corrected chi connectivity index (χ2v) is 7.68. The number of rotatable bonds is 2. The highest BCUT2D eigenvalue weighted by Crippen LogP contribution is 2.32. The number of pyridine rings is 1. The topological polar surface area (TPSA) is 47.8 Å². The van der Waals surface area contributed by atoms with Crippen LogP contribution in [0.25, 0.3) is 11.2 Å². The molecule has 1 aliphatic rings. The van der Waals surface area contributed by atoms with E-state index in [1.165, 1.54) is 0 Å². The van der Waals surface area contributed by atoms with Gasteiger partial charge in [0.05, 0.1) is 5.38 Å². The molecule has 0 bridgehead atoms. The Morgan fingerprint density at radius 3 is 2.70 bits per heavy atom. The van der Waals surface area contributed by atoms with E-state index in [1.54, 1.807) is 0 Å². The van der Waals surface area contributed by atoms with Crippen molar-refractivity contribution in [3.8, 4) is 0 Å². The maximum atomic E-state index is 11.6. The summed E-state index contributed by atoms with van der Waals surface area (Å²) in [4.78, 5) is 9.28. The number of fused-ring (bicyclic) bond motifs is 1. The third kappa shape index (κ3) is 2.49. The Morgan fingerprint density at radius 1 is 1.35 bits per heavy atom. The van der Waals surface area contributed by atoms with Crippen molar-refractivity contribution < 1.29 is 4.21 Å². The normalized spacial score (nSPS) is 24.9. The fourth-order valence-corrected chi connectivity index (χ4v) is 4.19. The summed E-state index contributed by atoms with van der Waals surface area (Å²) in [6, 6.07) is 4.28. The number of nitrogens with zero attached hydrogens (tertiary/aromatic N) is 3. The Hall–Kier alpha value is -0.940. The summed E-state index contributed by atoms with van der Waals surface area (Å²) < 4.78 is 13.7. The summed E-state index contributed by atoms with van der Waals surface area (Å²) in [6.45, 7) is 3.92.